The molecule has 2 aromatic heterocycles. The molecule has 0 amide bonds. The Bertz CT molecular complexity index is 743. The van der Waals surface area contributed by atoms with Gasteiger partial charge in [0.2, 0.25) is 0 Å². The van der Waals surface area contributed by atoms with Crippen molar-refractivity contribution in [3.63, 3.8) is 0 Å². The van der Waals surface area contributed by atoms with E-state index in [1.165, 1.54) is 12.8 Å². The Kier molecular flexibility index (Phi) is 2.74. The molecule has 0 atom stereocenters. The predicted molar refractivity (Wildman–Crippen MR) is 78.7 cm³/mol. The fourth-order valence-corrected chi connectivity index (χ4v) is 2.41. The number of nitrogens with one attached hydrogen (secondary N) is 1. The van der Waals surface area contributed by atoms with Gasteiger partial charge in [-0.3, -0.25) is 4.98 Å². The first-order valence-electron chi connectivity index (χ1n) is 7.01. The van der Waals surface area contributed by atoms with Crippen molar-refractivity contribution in [2.75, 3.05) is 0 Å². The van der Waals surface area contributed by atoms with Crippen LogP contribution in [0.4, 0.5) is 0 Å². The summed E-state index contributed by atoms with van der Waals surface area (Å²) in [7, 11) is 0. The summed E-state index contributed by atoms with van der Waals surface area (Å²) in [4.78, 5) is 4.43. The maximum absolute atomic E-state index is 4.48. The molecule has 100 valence electrons. The van der Waals surface area contributed by atoms with E-state index in [0.29, 0.717) is 6.04 Å². The van der Waals surface area contributed by atoms with E-state index in [4.69, 9.17) is 0 Å². The molecule has 1 aliphatic carbocycles. The Balaban J connectivity index is 1.68. The van der Waals surface area contributed by atoms with E-state index in [2.05, 4.69) is 33.6 Å². The zero-order valence-electron chi connectivity index (χ0n) is 11.2. The van der Waals surface area contributed by atoms with Crippen molar-refractivity contribution in [2.45, 2.75) is 25.4 Å². The van der Waals surface area contributed by atoms with E-state index in [-0.39, 0.29) is 0 Å². The highest BCUT2D eigenvalue weighted by Crippen LogP contribution is 2.20. The number of rotatable bonds is 4. The second-order valence-corrected chi connectivity index (χ2v) is 5.28. The third-order valence-corrected chi connectivity index (χ3v) is 3.67. The van der Waals surface area contributed by atoms with Crippen LogP contribution in [0.25, 0.3) is 16.6 Å². The fraction of sp³-hybridized carbons (Fsp3) is 0.250. The lowest BCUT2D eigenvalue weighted by Gasteiger charge is -2.06. The minimum Gasteiger partial charge on any atom is -0.308 e. The first-order chi connectivity index (χ1) is 9.90. The molecular weight excluding hydrogens is 248 g/mol. The first-order valence-corrected chi connectivity index (χ1v) is 7.01. The highest BCUT2D eigenvalue weighted by Gasteiger charge is 2.20. The van der Waals surface area contributed by atoms with Crippen LogP contribution in [-0.2, 0) is 6.54 Å². The van der Waals surface area contributed by atoms with E-state index in [1.54, 1.807) is 0 Å². The van der Waals surface area contributed by atoms with Crippen LogP contribution in [0.1, 0.15) is 18.5 Å². The fourth-order valence-electron chi connectivity index (χ4n) is 2.41. The van der Waals surface area contributed by atoms with Gasteiger partial charge in [-0.1, -0.05) is 18.2 Å². The second kappa shape index (κ2) is 4.72. The molecule has 1 fully saturated rings. The Labute approximate surface area is 117 Å². The van der Waals surface area contributed by atoms with E-state index in [1.807, 2.05) is 35.3 Å². The molecule has 0 aliphatic heterocycles. The number of fused-ring (bicyclic) bond motifs is 1. The number of pyridine rings is 1. The summed E-state index contributed by atoms with van der Waals surface area (Å²) in [6.07, 6.45) is 6.35. The smallest absolute Gasteiger partial charge is 0.0741 e. The number of nitrogens with zero attached hydrogens (tertiary/aromatic N) is 3. The van der Waals surface area contributed by atoms with Crippen molar-refractivity contribution in [1.82, 2.24) is 20.1 Å². The Hall–Kier alpha value is -2.20. The lowest BCUT2D eigenvalue weighted by molar-refractivity contribution is 0.673. The summed E-state index contributed by atoms with van der Waals surface area (Å²) in [5.74, 6) is 0. The van der Waals surface area contributed by atoms with Gasteiger partial charge in [-0.05, 0) is 31.0 Å². The Morgan fingerprint density at radius 1 is 1.20 bits per heavy atom. The van der Waals surface area contributed by atoms with Crippen LogP contribution < -0.4 is 5.32 Å². The van der Waals surface area contributed by atoms with Gasteiger partial charge in [-0.25, -0.2) is 4.68 Å². The van der Waals surface area contributed by atoms with Crippen molar-refractivity contribution in [3.8, 4) is 5.69 Å². The highest BCUT2D eigenvalue weighted by molar-refractivity contribution is 5.80. The van der Waals surface area contributed by atoms with Crippen LogP contribution in [0.5, 0.6) is 0 Å². The van der Waals surface area contributed by atoms with Crippen molar-refractivity contribution < 1.29 is 0 Å². The van der Waals surface area contributed by atoms with Crippen LogP contribution in [0.15, 0.2) is 48.8 Å². The molecule has 3 aromatic rings. The second-order valence-electron chi connectivity index (χ2n) is 5.28. The minimum absolute atomic E-state index is 0.700. The zero-order chi connectivity index (χ0) is 13.4. The summed E-state index contributed by atoms with van der Waals surface area (Å²) in [6, 6.07) is 13.0. The normalized spacial score (nSPS) is 14.8. The lowest BCUT2D eigenvalue weighted by atomic mass is 10.2. The average Bonchev–Trinajstić information content (AvgIpc) is 3.23. The van der Waals surface area contributed by atoms with Crippen LogP contribution in [0.2, 0.25) is 0 Å². The van der Waals surface area contributed by atoms with Gasteiger partial charge in [-0.2, -0.15) is 5.10 Å². The third-order valence-electron chi connectivity index (χ3n) is 3.67. The van der Waals surface area contributed by atoms with E-state index < -0.39 is 0 Å². The molecule has 4 nitrogen and oxygen atoms in total. The number of para-hydroxylation sites is 1. The topological polar surface area (TPSA) is 42.7 Å². The monoisotopic (exact) mass is 264 g/mol. The molecule has 1 saturated carbocycles. The van der Waals surface area contributed by atoms with Gasteiger partial charge in [0.25, 0.3) is 0 Å². The maximum Gasteiger partial charge on any atom is 0.0741 e. The van der Waals surface area contributed by atoms with Gasteiger partial charge in [0.05, 0.1) is 23.1 Å². The Morgan fingerprint density at radius 2 is 2.10 bits per heavy atom. The van der Waals surface area contributed by atoms with Gasteiger partial charge in [0.1, 0.15) is 0 Å². The van der Waals surface area contributed by atoms with Crippen molar-refractivity contribution in [3.05, 3.63) is 54.5 Å². The molecule has 0 radical (unpaired) electrons. The van der Waals surface area contributed by atoms with Crippen molar-refractivity contribution in [1.29, 1.82) is 0 Å². The van der Waals surface area contributed by atoms with Gasteiger partial charge < -0.3 is 5.32 Å². The molecule has 20 heavy (non-hydrogen) atoms. The summed E-state index contributed by atoms with van der Waals surface area (Å²) < 4.78 is 1.97. The predicted octanol–water partition coefficient (Wildman–Crippen LogP) is 2.67. The van der Waals surface area contributed by atoms with Crippen molar-refractivity contribution in [2.24, 2.45) is 0 Å². The lowest BCUT2D eigenvalue weighted by Crippen LogP contribution is -2.16. The molecular formula is C16H16N4. The molecule has 0 unspecified atom stereocenters. The third kappa shape index (κ3) is 2.18. The SMILES string of the molecule is c1ccc2c(c1)cnn2-c1ccnc(CNC2CC2)c1. The molecule has 1 N–H and O–H groups in total. The summed E-state index contributed by atoms with van der Waals surface area (Å²) in [5.41, 5.74) is 3.25. The molecule has 1 aromatic carbocycles. The standard InChI is InChI=1S/C16H16N4/c1-2-4-16-12(3-1)10-19-20(16)15-7-8-17-14(9-15)11-18-13-5-6-13/h1-4,7-10,13,18H,5-6,11H2. The largest absolute Gasteiger partial charge is 0.308 e. The van der Waals surface area contributed by atoms with Crippen LogP contribution in [0.3, 0.4) is 0 Å². The molecule has 4 heteroatoms. The minimum atomic E-state index is 0.700. The average molecular weight is 264 g/mol. The highest BCUT2D eigenvalue weighted by atomic mass is 15.3. The quantitative estimate of drug-likeness (QED) is 0.788. The summed E-state index contributed by atoms with van der Waals surface area (Å²) in [5, 5.41) is 9.13. The van der Waals surface area contributed by atoms with Gasteiger partial charge in [0.15, 0.2) is 0 Å². The van der Waals surface area contributed by atoms with Crippen LogP contribution >= 0.6 is 0 Å². The molecule has 0 spiro atoms. The van der Waals surface area contributed by atoms with Crippen LogP contribution in [0, 0.1) is 0 Å². The van der Waals surface area contributed by atoms with Crippen molar-refractivity contribution >= 4 is 10.9 Å². The number of benzene rings is 1. The first kappa shape index (κ1) is 11.6. The molecule has 4 rings (SSSR count). The number of aromatic nitrogens is 3. The summed E-state index contributed by atoms with van der Waals surface area (Å²) >= 11 is 0. The van der Waals surface area contributed by atoms with E-state index in [9.17, 15) is 0 Å². The molecule has 0 bridgehead atoms. The number of hydrogen-bond donors (Lipinski definition) is 1. The molecule has 1 aliphatic rings. The van der Waals surface area contributed by atoms with E-state index in [0.717, 1.165) is 28.8 Å². The van der Waals surface area contributed by atoms with Gasteiger partial charge >= 0.3 is 0 Å². The molecule has 2 heterocycles. The number of hydrogen-bond acceptors (Lipinski definition) is 3. The maximum atomic E-state index is 4.48. The van der Waals surface area contributed by atoms with Gasteiger partial charge in [0, 0.05) is 24.2 Å². The molecule has 0 saturated heterocycles. The van der Waals surface area contributed by atoms with E-state index >= 15 is 0 Å². The van der Waals surface area contributed by atoms with Crippen LogP contribution in [-0.4, -0.2) is 20.8 Å². The summed E-state index contributed by atoms with van der Waals surface area (Å²) in [6.45, 7) is 0.831. The van der Waals surface area contributed by atoms with Gasteiger partial charge in [-0.15, -0.1) is 0 Å². The zero-order valence-corrected chi connectivity index (χ0v) is 11.2. The Morgan fingerprint density at radius 3 is 3.00 bits per heavy atom.